The minimum atomic E-state index is -0.527. The molecule has 0 saturated carbocycles. The summed E-state index contributed by atoms with van der Waals surface area (Å²) < 4.78 is 1.86. The minimum Gasteiger partial charge on any atom is -0.392 e. The number of carbonyl (C=O) groups excluding carboxylic acids is 1. The molecule has 1 amide bonds. The van der Waals surface area contributed by atoms with E-state index in [1.807, 2.05) is 35.8 Å². The lowest BCUT2D eigenvalue weighted by atomic mass is 10.2. The zero-order valence-corrected chi connectivity index (χ0v) is 11.4. The molecule has 0 aliphatic rings. The topological polar surface area (TPSA) is 58.4 Å². The van der Waals surface area contributed by atoms with Crippen LogP contribution in [0.4, 0.5) is 0 Å². The number of aliphatic hydroxyl groups excluding tert-OH is 1. The lowest BCUT2D eigenvalue weighted by Gasteiger charge is -2.23. The molecule has 2 aromatic rings. The molecule has 1 heterocycles. The zero-order chi connectivity index (χ0) is 14.0. The first-order valence-electron chi connectivity index (χ1n) is 6.35. The highest BCUT2D eigenvalue weighted by molar-refractivity contribution is 5.83. The van der Waals surface area contributed by atoms with Crippen LogP contribution in [0.2, 0.25) is 0 Å². The highest BCUT2D eigenvalue weighted by Gasteiger charge is 2.21. The molecule has 2 rings (SSSR count). The van der Waals surface area contributed by atoms with Crippen molar-refractivity contribution in [3.05, 3.63) is 30.6 Å². The van der Waals surface area contributed by atoms with Gasteiger partial charge in [0, 0.05) is 13.6 Å². The number of nitrogens with zero attached hydrogens (tertiary/aromatic N) is 3. The highest BCUT2D eigenvalue weighted by atomic mass is 16.3. The van der Waals surface area contributed by atoms with Crippen molar-refractivity contribution >= 4 is 16.9 Å². The second-order valence-corrected chi connectivity index (χ2v) is 4.88. The molecule has 2 atom stereocenters. The molecule has 0 saturated heterocycles. The Morgan fingerprint density at radius 2 is 2.11 bits per heavy atom. The smallest absolute Gasteiger partial charge is 0.245 e. The number of imidazole rings is 1. The van der Waals surface area contributed by atoms with Gasteiger partial charge in [0.15, 0.2) is 0 Å². The molecule has 2 unspecified atom stereocenters. The van der Waals surface area contributed by atoms with Crippen LogP contribution in [0.1, 0.15) is 19.9 Å². The molecule has 102 valence electrons. The predicted octanol–water partition coefficient (Wildman–Crippen LogP) is 1.44. The third kappa shape index (κ3) is 2.76. The molecular formula is C14H19N3O2. The highest BCUT2D eigenvalue weighted by Crippen LogP contribution is 2.18. The minimum absolute atomic E-state index is 0.0379. The first-order chi connectivity index (χ1) is 9.00. The number of hydrogen-bond acceptors (Lipinski definition) is 3. The van der Waals surface area contributed by atoms with E-state index in [4.69, 9.17) is 0 Å². The number of amides is 1. The fraction of sp³-hybridized carbons (Fsp3) is 0.429. The lowest BCUT2D eigenvalue weighted by Crippen LogP contribution is -2.37. The second kappa shape index (κ2) is 5.40. The Morgan fingerprint density at radius 1 is 1.42 bits per heavy atom. The van der Waals surface area contributed by atoms with Crippen LogP contribution < -0.4 is 0 Å². The van der Waals surface area contributed by atoms with Crippen LogP contribution in [0.5, 0.6) is 0 Å². The van der Waals surface area contributed by atoms with Crippen LogP contribution in [-0.2, 0) is 4.79 Å². The van der Waals surface area contributed by atoms with Gasteiger partial charge in [0.2, 0.25) is 5.91 Å². The maximum absolute atomic E-state index is 12.3. The summed E-state index contributed by atoms with van der Waals surface area (Å²) >= 11 is 0. The SMILES string of the molecule is CC(O)CN(C)C(=O)C(C)n1cnc2ccccc21. The molecule has 5 heteroatoms. The Balaban J connectivity index is 2.24. The van der Waals surface area contributed by atoms with Crippen molar-refractivity contribution in [2.24, 2.45) is 0 Å². The van der Waals surface area contributed by atoms with Gasteiger partial charge in [-0.15, -0.1) is 0 Å². The van der Waals surface area contributed by atoms with E-state index >= 15 is 0 Å². The monoisotopic (exact) mass is 261 g/mol. The molecule has 5 nitrogen and oxygen atoms in total. The van der Waals surface area contributed by atoms with Gasteiger partial charge >= 0.3 is 0 Å². The predicted molar refractivity (Wildman–Crippen MR) is 73.8 cm³/mol. The van der Waals surface area contributed by atoms with Crippen molar-refractivity contribution in [3.63, 3.8) is 0 Å². The third-order valence-electron chi connectivity index (χ3n) is 3.17. The summed E-state index contributed by atoms with van der Waals surface area (Å²) in [5, 5.41) is 9.34. The van der Waals surface area contributed by atoms with Crippen molar-refractivity contribution in [1.29, 1.82) is 0 Å². The summed E-state index contributed by atoms with van der Waals surface area (Å²) in [5.41, 5.74) is 1.81. The standard InChI is InChI=1S/C14H19N3O2/c1-10(18)8-16(3)14(19)11(2)17-9-15-12-6-4-5-7-13(12)17/h4-7,9-11,18H,8H2,1-3H3. The summed E-state index contributed by atoms with van der Waals surface area (Å²) in [7, 11) is 1.70. The summed E-state index contributed by atoms with van der Waals surface area (Å²) in [6.07, 6.45) is 1.16. The van der Waals surface area contributed by atoms with E-state index in [0.29, 0.717) is 6.54 Å². The molecule has 1 aromatic heterocycles. The number of para-hydroxylation sites is 2. The molecule has 1 aromatic carbocycles. The average molecular weight is 261 g/mol. The van der Waals surface area contributed by atoms with Gasteiger partial charge in [-0.1, -0.05) is 12.1 Å². The second-order valence-electron chi connectivity index (χ2n) is 4.88. The zero-order valence-electron chi connectivity index (χ0n) is 11.4. The Bertz CT molecular complexity index is 577. The largest absolute Gasteiger partial charge is 0.392 e. The molecule has 0 aliphatic carbocycles. The van der Waals surface area contributed by atoms with Crippen molar-refractivity contribution in [3.8, 4) is 0 Å². The van der Waals surface area contributed by atoms with E-state index in [1.165, 1.54) is 0 Å². The first kappa shape index (κ1) is 13.5. The molecule has 1 N–H and O–H groups in total. The van der Waals surface area contributed by atoms with Crippen LogP contribution in [0, 0.1) is 0 Å². The van der Waals surface area contributed by atoms with Crippen LogP contribution >= 0.6 is 0 Å². The fourth-order valence-electron chi connectivity index (χ4n) is 2.21. The van der Waals surface area contributed by atoms with Gasteiger partial charge in [0.05, 0.1) is 23.5 Å². The summed E-state index contributed by atoms with van der Waals surface area (Å²) in [6.45, 7) is 3.84. The molecule has 0 aliphatic heterocycles. The Morgan fingerprint density at radius 3 is 2.79 bits per heavy atom. The number of hydrogen-bond donors (Lipinski definition) is 1. The first-order valence-corrected chi connectivity index (χ1v) is 6.35. The summed E-state index contributed by atoms with van der Waals surface area (Å²) in [4.78, 5) is 18.1. The van der Waals surface area contributed by atoms with Crippen LogP contribution in [0.15, 0.2) is 30.6 Å². The number of fused-ring (bicyclic) bond motifs is 1. The Labute approximate surface area is 112 Å². The van der Waals surface area contributed by atoms with E-state index in [1.54, 1.807) is 25.2 Å². The quantitative estimate of drug-likeness (QED) is 0.906. The Kier molecular flexibility index (Phi) is 3.85. The molecule has 0 bridgehead atoms. The number of carbonyl (C=O) groups is 1. The van der Waals surface area contributed by atoms with E-state index < -0.39 is 6.10 Å². The maximum Gasteiger partial charge on any atom is 0.245 e. The average Bonchev–Trinajstić information content (AvgIpc) is 2.80. The van der Waals surface area contributed by atoms with Crippen molar-refractivity contribution in [2.45, 2.75) is 26.0 Å². The number of likely N-dealkylation sites (N-methyl/N-ethyl adjacent to an activating group) is 1. The van der Waals surface area contributed by atoms with E-state index in [0.717, 1.165) is 11.0 Å². The van der Waals surface area contributed by atoms with Crippen LogP contribution in [0.3, 0.4) is 0 Å². The summed E-state index contributed by atoms with van der Waals surface area (Å²) in [5.74, 6) is -0.0379. The van der Waals surface area contributed by atoms with Crippen LogP contribution in [-0.4, -0.2) is 45.2 Å². The Hall–Kier alpha value is -1.88. The number of aliphatic hydroxyl groups is 1. The van der Waals surface area contributed by atoms with E-state index in [-0.39, 0.29) is 11.9 Å². The van der Waals surface area contributed by atoms with Gasteiger partial charge in [0.1, 0.15) is 6.04 Å². The number of rotatable bonds is 4. The lowest BCUT2D eigenvalue weighted by molar-refractivity contribution is -0.134. The van der Waals surface area contributed by atoms with Gasteiger partial charge in [-0.3, -0.25) is 4.79 Å². The van der Waals surface area contributed by atoms with Crippen LogP contribution in [0.25, 0.3) is 11.0 Å². The van der Waals surface area contributed by atoms with Gasteiger partial charge in [-0.05, 0) is 26.0 Å². The molecule has 19 heavy (non-hydrogen) atoms. The molecule has 0 fully saturated rings. The molecular weight excluding hydrogens is 242 g/mol. The normalized spacial score (nSPS) is 14.3. The van der Waals surface area contributed by atoms with Crippen molar-refractivity contribution in [1.82, 2.24) is 14.5 Å². The number of aromatic nitrogens is 2. The third-order valence-corrected chi connectivity index (χ3v) is 3.17. The van der Waals surface area contributed by atoms with Gasteiger partial charge in [-0.2, -0.15) is 0 Å². The van der Waals surface area contributed by atoms with E-state index in [2.05, 4.69) is 4.98 Å². The van der Waals surface area contributed by atoms with Gasteiger partial charge in [-0.25, -0.2) is 4.98 Å². The van der Waals surface area contributed by atoms with Crippen molar-refractivity contribution < 1.29 is 9.90 Å². The van der Waals surface area contributed by atoms with Crippen molar-refractivity contribution in [2.75, 3.05) is 13.6 Å². The van der Waals surface area contributed by atoms with Gasteiger partial charge < -0.3 is 14.6 Å². The summed E-state index contributed by atoms with van der Waals surface area (Å²) in [6, 6.07) is 7.38. The molecule has 0 spiro atoms. The molecule has 0 radical (unpaired) electrons. The number of benzene rings is 1. The van der Waals surface area contributed by atoms with E-state index in [9.17, 15) is 9.90 Å². The maximum atomic E-state index is 12.3. The fourth-order valence-corrected chi connectivity index (χ4v) is 2.21. The van der Waals surface area contributed by atoms with Gasteiger partial charge in [0.25, 0.3) is 0 Å².